The zero-order valence-corrected chi connectivity index (χ0v) is 11.3. The second-order valence-electron chi connectivity index (χ2n) is 2.00. The molecule has 0 aromatic heterocycles. The number of rotatable bonds is 3. The number of halogens is 2. The fraction of sp³-hybridized carbons (Fsp3) is 0.375. The molecule has 0 amide bonds. The zero-order valence-electron chi connectivity index (χ0n) is 7.43. The molecule has 3 nitrogen and oxygen atoms in total. The number of nitrogens with zero attached hydrogens (tertiary/aromatic N) is 1. The van der Waals surface area contributed by atoms with Crippen LogP contribution >= 0.6 is 39.9 Å². The van der Waals surface area contributed by atoms with Crippen LogP contribution in [0.2, 0.25) is 0 Å². The van der Waals surface area contributed by atoms with Gasteiger partial charge in [-0.25, -0.2) is 0 Å². The van der Waals surface area contributed by atoms with E-state index in [1.807, 2.05) is 0 Å². The summed E-state index contributed by atoms with van der Waals surface area (Å²) >= 11 is 3.22. The van der Waals surface area contributed by atoms with Crippen LogP contribution in [0.3, 0.4) is 0 Å². The van der Waals surface area contributed by atoms with Crippen LogP contribution in [-0.4, -0.2) is 26.1 Å². The van der Waals surface area contributed by atoms with Crippen molar-refractivity contribution >= 4 is 45.9 Å². The lowest BCUT2D eigenvalue weighted by atomic mass is 10.6. The summed E-state index contributed by atoms with van der Waals surface area (Å²) in [6.07, 6.45) is 5.07. The van der Waals surface area contributed by atoms with Crippen molar-refractivity contribution < 1.29 is 0 Å². The van der Waals surface area contributed by atoms with Gasteiger partial charge in [0.15, 0.2) is 5.96 Å². The summed E-state index contributed by atoms with van der Waals surface area (Å²) in [4.78, 5) is 3.93. The Kier molecular flexibility index (Phi) is 11.6. The topological polar surface area (TPSA) is 36.4 Å². The first-order valence-corrected chi connectivity index (χ1v) is 4.21. The van der Waals surface area contributed by atoms with Crippen LogP contribution in [0.25, 0.3) is 0 Å². The first kappa shape index (κ1) is 15.3. The minimum atomic E-state index is 0. The monoisotopic (exact) mass is 357 g/mol. The van der Waals surface area contributed by atoms with Crippen molar-refractivity contribution in [2.75, 3.05) is 20.1 Å². The van der Waals surface area contributed by atoms with Crippen molar-refractivity contribution in [3.05, 3.63) is 11.1 Å². The fourth-order valence-electron chi connectivity index (χ4n) is 0.535. The average Bonchev–Trinajstić information content (AvgIpc) is 2.05. The van der Waals surface area contributed by atoms with E-state index in [0.717, 1.165) is 4.48 Å². The molecule has 0 aliphatic carbocycles. The zero-order chi connectivity index (χ0) is 9.40. The van der Waals surface area contributed by atoms with E-state index in [4.69, 9.17) is 6.42 Å². The molecule has 0 bridgehead atoms. The summed E-state index contributed by atoms with van der Waals surface area (Å²) in [6, 6.07) is 0. The third kappa shape index (κ3) is 9.70. The number of hydrogen-bond donors (Lipinski definition) is 2. The first-order valence-electron chi connectivity index (χ1n) is 3.42. The van der Waals surface area contributed by atoms with Gasteiger partial charge in [0.1, 0.15) is 0 Å². The standard InChI is InChI=1S/C8H12BrN3.HI/c1-4-5-11-8(10-3)12-6-7(2)9;/h1H,2,5-6H2,3H3,(H2,10,11,12);1H. The van der Waals surface area contributed by atoms with Gasteiger partial charge in [-0.1, -0.05) is 28.4 Å². The molecule has 0 spiro atoms. The lowest BCUT2D eigenvalue weighted by Gasteiger charge is -2.08. The highest BCUT2D eigenvalue weighted by Crippen LogP contribution is 1.95. The van der Waals surface area contributed by atoms with E-state index < -0.39 is 0 Å². The molecule has 0 saturated carbocycles. The third-order valence-corrected chi connectivity index (χ3v) is 1.31. The fourth-order valence-corrected chi connectivity index (χ4v) is 0.675. The van der Waals surface area contributed by atoms with Gasteiger partial charge in [-0.2, -0.15) is 0 Å². The molecule has 0 rings (SSSR count). The van der Waals surface area contributed by atoms with Crippen LogP contribution in [0, 0.1) is 12.3 Å². The SMILES string of the molecule is C#CCNC(=NC)NCC(=C)Br.I. The maximum absolute atomic E-state index is 5.07. The first-order chi connectivity index (χ1) is 5.70. The van der Waals surface area contributed by atoms with Crippen LogP contribution in [0.4, 0.5) is 0 Å². The lowest BCUT2D eigenvalue weighted by Crippen LogP contribution is -2.37. The summed E-state index contributed by atoms with van der Waals surface area (Å²) in [6.45, 7) is 4.77. The van der Waals surface area contributed by atoms with Crippen molar-refractivity contribution in [3.8, 4) is 12.3 Å². The van der Waals surface area contributed by atoms with E-state index in [2.05, 4.69) is 44.1 Å². The number of nitrogens with one attached hydrogen (secondary N) is 2. The van der Waals surface area contributed by atoms with Gasteiger partial charge in [0.25, 0.3) is 0 Å². The molecule has 5 heteroatoms. The summed E-state index contributed by atoms with van der Waals surface area (Å²) in [5.41, 5.74) is 0. The molecule has 0 saturated heterocycles. The van der Waals surface area contributed by atoms with E-state index in [9.17, 15) is 0 Å². The van der Waals surface area contributed by atoms with E-state index in [1.165, 1.54) is 0 Å². The minimum Gasteiger partial charge on any atom is -0.352 e. The van der Waals surface area contributed by atoms with Crippen molar-refractivity contribution in [1.29, 1.82) is 0 Å². The Morgan fingerprint density at radius 1 is 1.62 bits per heavy atom. The number of terminal acetylenes is 1. The molecule has 2 N–H and O–H groups in total. The molecule has 0 aliphatic heterocycles. The Labute approximate surface area is 105 Å². The van der Waals surface area contributed by atoms with E-state index in [-0.39, 0.29) is 24.0 Å². The predicted molar refractivity (Wildman–Crippen MR) is 71.7 cm³/mol. The van der Waals surface area contributed by atoms with Gasteiger partial charge in [-0.05, 0) is 0 Å². The van der Waals surface area contributed by atoms with Gasteiger partial charge in [-0.3, -0.25) is 4.99 Å². The summed E-state index contributed by atoms with van der Waals surface area (Å²) in [5, 5.41) is 5.92. The molecular formula is C8H13BrIN3. The summed E-state index contributed by atoms with van der Waals surface area (Å²) in [7, 11) is 1.68. The van der Waals surface area contributed by atoms with Crippen LogP contribution in [0.5, 0.6) is 0 Å². The van der Waals surface area contributed by atoms with Crippen LogP contribution in [0.1, 0.15) is 0 Å². The average molecular weight is 358 g/mol. The number of guanidine groups is 1. The second-order valence-corrected chi connectivity index (χ2v) is 3.12. The van der Waals surface area contributed by atoms with Crippen molar-refractivity contribution in [3.63, 3.8) is 0 Å². The molecule has 0 atom stereocenters. The normalized spacial score (nSPS) is 9.46. The molecule has 0 heterocycles. The van der Waals surface area contributed by atoms with Gasteiger partial charge in [0.05, 0.1) is 6.54 Å². The van der Waals surface area contributed by atoms with Crippen molar-refractivity contribution in [2.45, 2.75) is 0 Å². The quantitative estimate of drug-likeness (QED) is 0.346. The lowest BCUT2D eigenvalue weighted by molar-refractivity contribution is 0.918. The minimum absolute atomic E-state index is 0. The molecule has 0 aromatic rings. The van der Waals surface area contributed by atoms with E-state index in [1.54, 1.807) is 7.05 Å². The van der Waals surface area contributed by atoms with Crippen LogP contribution < -0.4 is 10.6 Å². The highest BCUT2D eigenvalue weighted by Gasteiger charge is 1.93. The van der Waals surface area contributed by atoms with Gasteiger partial charge in [-0.15, -0.1) is 30.4 Å². The number of hydrogen-bond acceptors (Lipinski definition) is 1. The van der Waals surface area contributed by atoms with Crippen LogP contribution in [0.15, 0.2) is 16.1 Å². The molecule has 0 aromatic carbocycles. The molecule has 74 valence electrons. The molecule has 0 unspecified atom stereocenters. The van der Waals surface area contributed by atoms with E-state index in [0.29, 0.717) is 19.0 Å². The highest BCUT2D eigenvalue weighted by molar-refractivity contribution is 14.0. The molecule has 13 heavy (non-hydrogen) atoms. The second kappa shape index (κ2) is 9.86. The maximum Gasteiger partial charge on any atom is 0.192 e. The smallest absolute Gasteiger partial charge is 0.192 e. The summed E-state index contributed by atoms with van der Waals surface area (Å²) in [5.74, 6) is 3.13. The molecule has 0 aliphatic rings. The Hall–Kier alpha value is -0.220. The predicted octanol–water partition coefficient (Wildman–Crippen LogP) is 1.31. The Balaban J connectivity index is 0. The van der Waals surface area contributed by atoms with E-state index >= 15 is 0 Å². The highest BCUT2D eigenvalue weighted by atomic mass is 127. The molecule has 0 radical (unpaired) electrons. The maximum atomic E-state index is 5.07. The van der Waals surface area contributed by atoms with Gasteiger partial charge in [0.2, 0.25) is 0 Å². The van der Waals surface area contributed by atoms with Crippen LogP contribution in [-0.2, 0) is 0 Å². The molecular weight excluding hydrogens is 345 g/mol. The number of aliphatic imine (C=N–C) groups is 1. The van der Waals surface area contributed by atoms with Gasteiger partial charge in [0, 0.05) is 18.1 Å². The Morgan fingerprint density at radius 2 is 2.23 bits per heavy atom. The Morgan fingerprint density at radius 3 is 2.62 bits per heavy atom. The molecule has 0 fully saturated rings. The van der Waals surface area contributed by atoms with Gasteiger partial charge < -0.3 is 10.6 Å². The largest absolute Gasteiger partial charge is 0.352 e. The van der Waals surface area contributed by atoms with Crippen molar-refractivity contribution in [1.82, 2.24) is 10.6 Å². The Bertz CT molecular complexity index is 220. The van der Waals surface area contributed by atoms with Gasteiger partial charge >= 0.3 is 0 Å². The third-order valence-electron chi connectivity index (χ3n) is 1.03. The van der Waals surface area contributed by atoms with Crippen molar-refractivity contribution in [2.24, 2.45) is 4.99 Å². The summed E-state index contributed by atoms with van der Waals surface area (Å²) < 4.78 is 0.867.